The van der Waals surface area contributed by atoms with E-state index >= 15 is 0 Å². The van der Waals surface area contributed by atoms with E-state index in [1.165, 1.54) is 0 Å². The smallest absolute Gasteiger partial charge is 0.311 e. The van der Waals surface area contributed by atoms with E-state index in [0.29, 0.717) is 12.6 Å². The van der Waals surface area contributed by atoms with Gasteiger partial charge < -0.3 is 14.2 Å². The topological polar surface area (TPSA) is 27.7 Å². The Bertz CT molecular complexity index is 116. The molecule has 0 aliphatic carbocycles. The Labute approximate surface area is 64.4 Å². The summed E-state index contributed by atoms with van der Waals surface area (Å²) in [6, 6.07) is 0. The van der Waals surface area contributed by atoms with Crippen LogP contribution in [-0.4, -0.2) is 31.1 Å². The molecule has 0 aromatic rings. The van der Waals surface area contributed by atoms with E-state index in [0.717, 1.165) is 15.6 Å². The van der Waals surface area contributed by atoms with Gasteiger partial charge in [0.2, 0.25) is 0 Å². The van der Waals surface area contributed by atoms with Crippen LogP contribution < -0.4 is 0 Å². The van der Waals surface area contributed by atoms with E-state index in [2.05, 4.69) is 0 Å². The average Bonchev–Trinajstić information content (AvgIpc) is 1.91. The van der Waals surface area contributed by atoms with E-state index < -0.39 is 0 Å². The highest BCUT2D eigenvalue weighted by Gasteiger charge is 2.00. The van der Waals surface area contributed by atoms with Gasteiger partial charge in [-0.3, -0.25) is 0 Å². The summed E-state index contributed by atoms with van der Waals surface area (Å²) in [6.07, 6.45) is 0. The van der Waals surface area contributed by atoms with Crippen LogP contribution in [0.4, 0.5) is 0 Å². The lowest BCUT2D eigenvalue weighted by atomic mass is 10.8. The number of rotatable bonds is 4. The van der Waals surface area contributed by atoms with Crippen LogP contribution in [0.15, 0.2) is 11.3 Å². The minimum atomic E-state index is 0.494. The zero-order valence-corrected chi connectivity index (χ0v) is 8.93. The van der Waals surface area contributed by atoms with Crippen LogP contribution in [0.2, 0.25) is 0 Å². The molecule has 0 saturated carbocycles. The fourth-order valence-electron chi connectivity index (χ4n) is 0.646. The van der Waals surface area contributed by atoms with Crippen molar-refractivity contribution in [3.05, 3.63) is 11.3 Å². The van der Waals surface area contributed by atoms with Crippen molar-refractivity contribution in [1.82, 2.24) is 0 Å². The van der Waals surface area contributed by atoms with Gasteiger partial charge in [-0.25, -0.2) is 0 Å². The van der Waals surface area contributed by atoms with Gasteiger partial charge in [0.25, 0.3) is 0 Å². The van der Waals surface area contributed by atoms with Gasteiger partial charge in [-0.1, -0.05) is 0 Å². The Morgan fingerprint density at radius 3 is 2.10 bits per heavy atom. The van der Waals surface area contributed by atoms with Crippen LogP contribution in [0.3, 0.4) is 0 Å². The third-order valence-corrected chi connectivity index (χ3v) is 1.72. The first kappa shape index (κ1) is 9.36. The Morgan fingerprint density at radius 2 is 1.80 bits per heavy atom. The zero-order chi connectivity index (χ0) is 7.98. The molecule has 0 saturated heterocycles. The van der Waals surface area contributed by atoms with Gasteiger partial charge >= 0.3 is 5.95 Å². The van der Waals surface area contributed by atoms with Gasteiger partial charge in [0.05, 0.1) is 31.1 Å². The summed E-state index contributed by atoms with van der Waals surface area (Å²) in [4.78, 5) is 0. The second-order valence-corrected chi connectivity index (χ2v) is 2.59. The van der Waals surface area contributed by atoms with Crippen molar-refractivity contribution in [3.8, 4) is 0 Å². The van der Waals surface area contributed by atoms with E-state index in [1.54, 1.807) is 14.2 Å². The third-order valence-electron chi connectivity index (χ3n) is 1.02. The van der Waals surface area contributed by atoms with Crippen LogP contribution in [0.5, 0.6) is 0 Å². The summed E-state index contributed by atoms with van der Waals surface area (Å²) in [7, 11) is 3.94. The van der Waals surface area contributed by atoms with E-state index in [-0.39, 0.29) is 0 Å². The van der Waals surface area contributed by atoms with E-state index in [1.807, 2.05) is 6.92 Å². The first-order valence-electron chi connectivity index (χ1n) is 3.17. The molecule has 0 heterocycles. The van der Waals surface area contributed by atoms with E-state index in [4.69, 9.17) is 14.2 Å². The predicted octanol–water partition coefficient (Wildman–Crippen LogP) is -0.192. The highest BCUT2D eigenvalue weighted by molar-refractivity contribution is 6.20. The molecular formula is C6H14O3Si. The van der Waals surface area contributed by atoms with Crippen molar-refractivity contribution in [3.63, 3.8) is 0 Å². The lowest BCUT2D eigenvalue weighted by Gasteiger charge is -2.08. The lowest BCUT2D eigenvalue weighted by Crippen LogP contribution is -2.00. The normalized spacial score (nSPS) is 8.70. The largest absolute Gasteiger partial charge is 0.497 e. The molecule has 0 rings (SSSR count). The molecule has 0 radical (unpaired) electrons. The molecule has 0 aliphatic rings. The molecule has 0 unspecified atom stereocenters. The maximum atomic E-state index is 5.18. The quantitative estimate of drug-likeness (QED) is 0.423. The summed E-state index contributed by atoms with van der Waals surface area (Å²) in [5.41, 5.74) is 0. The van der Waals surface area contributed by atoms with E-state index in [9.17, 15) is 0 Å². The highest BCUT2D eigenvalue weighted by atomic mass is 28.1. The third kappa shape index (κ3) is 2.77. The Kier molecular flexibility index (Phi) is 4.83. The summed E-state index contributed by atoms with van der Waals surface area (Å²) in [6.45, 7) is 2.59. The molecule has 0 aromatic carbocycles. The van der Waals surface area contributed by atoms with Gasteiger partial charge in [-0.15, -0.1) is 0 Å². The summed E-state index contributed by atoms with van der Waals surface area (Å²) >= 11 is 0. The monoisotopic (exact) mass is 162 g/mol. The molecule has 0 aromatic heterocycles. The Balaban J connectivity index is 3.98. The number of ether oxygens (including phenoxy) is 3. The SMILES string of the molecule is CCOC([SiH3])=C(OC)OC. The molecule has 0 amide bonds. The molecule has 0 N–H and O–H groups in total. The van der Waals surface area contributed by atoms with Crippen LogP contribution in [0.1, 0.15) is 6.92 Å². The fraction of sp³-hybridized carbons (Fsp3) is 0.667. The van der Waals surface area contributed by atoms with Crippen molar-refractivity contribution < 1.29 is 14.2 Å². The van der Waals surface area contributed by atoms with Gasteiger partial charge in [0, 0.05) is 0 Å². The number of hydrogen-bond donors (Lipinski definition) is 0. The molecular weight excluding hydrogens is 148 g/mol. The minimum absolute atomic E-state index is 0.494. The van der Waals surface area contributed by atoms with Crippen LogP contribution in [-0.2, 0) is 14.2 Å². The number of methoxy groups -OCH3 is 2. The molecule has 0 atom stereocenters. The molecule has 0 bridgehead atoms. The van der Waals surface area contributed by atoms with Gasteiger partial charge in [0.1, 0.15) is 5.38 Å². The Morgan fingerprint density at radius 1 is 1.30 bits per heavy atom. The van der Waals surface area contributed by atoms with Crippen LogP contribution >= 0.6 is 0 Å². The molecule has 0 spiro atoms. The Hall–Kier alpha value is -0.643. The highest BCUT2D eigenvalue weighted by Crippen LogP contribution is 2.02. The first-order chi connectivity index (χ1) is 4.76. The summed E-state index contributed by atoms with van der Waals surface area (Å²) in [5.74, 6) is 0.494. The van der Waals surface area contributed by atoms with Crippen LogP contribution in [0.25, 0.3) is 0 Å². The maximum Gasteiger partial charge on any atom is 0.311 e. The second-order valence-electron chi connectivity index (χ2n) is 1.68. The van der Waals surface area contributed by atoms with Gasteiger partial charge in [0.15, 0.2) is 0 Å². The standard InChI is InChI=1S/C6H14O3Si/c1-4-9-6(10)5(7-2)8-3/h4H2,1-3,10H3. The second kappa shape index (κ2) is 5.17. The van der Waals surface area contributed by atoms with Crippen molar-refractivity contribution in [2.75, 3.05) is 20.8 Å². The molecule has 10 heavy (non-hydrogen) atoms. The fourth-order valence-corrected chi connectivity index (χ4v) is 1.34. The minimum Gasteiger partial charge on any atom is -0.497 e. The van der Waals surface area contributed by atoms with Crippen molar-refractivity contribution in [1.29, 1.82) is 0 Å². The van der Waals surface area contributed by atoms with Crippen molar-refractivity contribution in [2.45, 2.75) is 6.92 Å². The molecule has 0 aliphatic heterocycles. The maximum absolute atomic E-state index is 5.18. The first-order valence-corrected chi connectivity index (χ1v) is 4.17. The summed E-state index contributed by atoms with van der Waals surface area (Å²) in [5, 5.41) is 0.812. The van der Waals surface area contributed by atoms with Crippen molar-refractivity contribution in [2.24, 2.45) is 0 Å². The average molecular weight is 162 g/mol. The summed E-state index contributed by atoms with van der Waals surface area (Å²) < 4.78 is 14.9. The zero-order valence-electron chi connectivity index (χ0n) is 6.93. The van der Waals surface area contributed by atoms with Gasteiger partial charge in [-0.2, -0.15) is 0 Å². The number of hydrogen-bond acceptors (Lipinski definition) is 3. The molecule has 0 fully saturated rings. The molecule has 3 nitrogen and oxygen atoms in total. The predicted molar refractivity (Wildman–Crippen MR) is 42.6 cm³/mol. The lowest BCUT2D eigenvalue weighted by molar-refractivity contribution is 0.0709. The van der Waals surface area contributed by atoms with Gasteiger partial charge in [-0.05, 0) is 6.92 Å². The van der Waals surface area contributed by atoms with Crippen molar-refractivity contribution >= 4 is 10.2 Å². The van der Waals surface area contributed by atoms with Crippen LogP contribution in [0, 0.1) is 0 Å². The molecule has 4 heteroatoms. The molecule has 60 valence electrons.